The summed E-state index contributed by atoms with van der Waals surface area (Å²) in [6.07, 6.45) is -1.03. The highest BCUT2D eigenvalue weighted by atomic mass is 79.9. The van der Waals surface area contributed by atoms with Gasteiger partial charge in [0, 0.05) is 13.0 Å². The molecule has 6 nitrogen and oxygen atoms in total. The van der Waals surface area contributed by atoms with E-state index in [1.807, 2.05) is 0 Å². The number of hydrogen-bond acceptors (Lipinski definition) is 4. The number of amides is 1. The van der Waals surface area contributed by atoms with Crippen LogP contribution in [0.25, 0.3) is 0 Å². The highest BCUT2D eigenvalue weighted by Crippen LogP contribution is 2.28. The molecule has 2 atom stereocenters. The molecule has 1 heterocycles. The van der Waals surface area contributed by atoms with Crippen molar-refractivity contribution in [3.05, 3.63) is 28.5 Å². The minimum absolute atomic E-state index is 0.0619. The molecule has 0 bridgehead atoms. The quantitative estimate of drug-likeness (QED) is 0.797. The van der Waals surface area contributed by atoms with Crippen LogP contribution in [0.1, 0.15) is 6.42 Å². The number of primary amides is 1. The average Bonchev–Trinajstić information content (AvgIpc) is 2.75. The van der Waals surface area contributed by atoms with Crippen molar-refractivity contribution in [1.82, 2.24) is 4.31 Å². The van der Waals surface area contributed by atoms with Crippen molar-refractivity contribution in [2.45, 2.75) is 23.5 Å². The summed E-state index contributed by atoms with van der Waals surface area (Å²) < 4.78 is 39.2. The van der Waals surface area contributed by atoms with Crippen LogP contribution in [-0.4, -0.2) is 42.4 Å². The number of carbonyl (C=O) groups excluding carboxylic acids is 1. The van der Waals surface area contributed by atoms with Crippen molar-refractivity contribution in [1.29, 1.82) is 0 Å². The predicted octanol–water partition coefficient (Wildman–Crippen LogP) is 0.197. The van der Waals surface area contributed by atoms with Crippen LogP contribution in [0.3, 0.4) is 0 Å². The number of sulfonamides is 1. The third-order valence-corrected chi connectivity index (χ3v) is 5.57. The van der Waals surface area contributed by atoms with E-state index in [2.05, 4.69) is 15.9 Å². The van der Waals surface area contributed by atoms with Crippen molar-refractivity contribution in [3.8, 4) is 0 Å². The first-order valence-corrected chi connectivity index (χ1v) is 7.91. The lowest BCUT2D eigenvalue weighted by Gasteiger charge is -2.21. The fourth-order valence-corrected chi connectivity index (χ4v) is 3.98. The van der Waals surface area contributed by atoms with Gasteiger partial charge in [0.05, 0.1) is 15.5 Å². The molecule has 0 saturated carbocycles. The molecule has 110 valence electrons. The molecule has 1 aromatic rings. The molecule has 2 unspecified atom stereocenters. The molecule has 2 rings (SSSR count). The van der Waals surface area contributed by atoms with Gasteiger partial charge in [-0.1, -0.05) is 0 Å². The van der Waals surface area contributed by atoms with Gasteiger partial charge in [0.15, 0.2) is 0 Å². The Balaban J connectivity index is 2.43. The molecule has 1 fully saturated rings. The molecule has 0 aromatic heterocycles. The number of aliphatic hydroxyl groups is 1. The second-order valence-corrected chi connectivity index (χ2v) is 7.20. The van der Waals surface area contributed by atoms with Crippen LogP contribution in [0.5, 0.6) is 0 Å². The second-order valence-electron chi connectivity index (χ2n) is 4.46. The van der Waals surface area contributed by atoms with Crippen molar-refractivity contribution in [2.24, 2.45) is 5.73 Å². The Morgan fingerprint density at radius 1 is 1.50 bits per heavy atom. The van der Waals surface area contributed by atoms with Gasteiger partial charge >= 0.3 is 0 Å². The Morgan fingerprint density at radius 2 is 2.15 bits per heavy atom. The summed E-state index contributed by atoms with van der Waals surface area (Å²) in [6, 6.07) is 2.20. The molecule has 1 aliphatic rings. The highest BCUT2D eigenvalue weighted by molar-refractivity contribution is 9.10. The lowest BCUT2D eigenvalue weighted by molar-refractivity contribution is -0.121. The Labute approximate surface area is 123 Å². The number of nitrogens with two attached hydrogens (primary N) is 1. The van der Waals surface area contributed by atoms with Gasteiger partial charge in [-0.2, -0.15) is 4.31 Å². The first kappa shape index (κ1) is 15.4. The summed E-state index contributed by atoms with van der Waals surface area (Å²) in [5, 5.41) is 9.53. The van der Waals surface area contributed by atoms with Crippen molar-refractivity contribution in [3.63, 3.8) is 0 Å². The number of halogens is 2. The smallest absolute Gasteiger partial charge is 0.243 e. The average molecular weight is 367 g/mol. The van der Waals surface area contributed by atoms with Crippen molar-refractivity contribution in [2.75, 3.05) is 6.54 Å². The second kappa shape index (κ2) is 5.40. The molecule has 1 amide bonds. The first-order chi connectivity index (χ1) is 9.23. The number of rotatable bonds is 3. The van der Waals surface area contributed by atoms with Gasteiger partial charge in [0.2, 0.25) is 15.9 Å². The Kier molecular flexibility index (Phi) is 4.14. The highest BCUT2D eigenvalue weighted by Gasteiger charge is 2.42. The van der Waals surface area contributed by atoms with E-state index in [0.717, 1.165) is 10.4 Å². The number of carbonyl (C=O) groups is 1. The zero-order valence-electron chi connectivity index (χ0n) is 10.2. The first-order valence-electron chi connectivity index (χ1n) is 5.67. The molecule has 20 heavy (non-hydrogen) atoms. The molecule has 1 aromatic carbocycles. The van der Waals surface area contributed by atoms with E-state index in [9.17, 15) is 22.7 Å². The minimum Gasteiger partial charge on any atom is -0.392 e. The third-order valence-electron chi connectivity index (χ3n) is 3.06. The maximum absolute atomic E-state index is 13.5. The van der Waals surface area contributed by atoms with Gasteiger partial charge in [0.1, 0.15) is 11.9 Å². The molecule has 1 aliphatic heterocycles. The zero-order chi connectivity index (χ0) is 15.1. The van der Waals surface area contributed by atoms with Crippen molar-refractivity contribution < 1.29 is 22.7 Å². The number of benzene rings is 1. The van der Waals surface area contributed by atoms with E-state index in [1.165, 1.54) is 12.1 Å². The fourth-order valence-electron chi connectivity index (χ4n) is 2.08. The van der Waals surface area contributed by atoms with Gasteiger partial charge in [-0.15, -0.1) is 0 Å². The molecule has 0 spiro atoms. The van der Waals surface area contributed by atoms with Crippen LogP contribution in [0.4, 0.5) is 4.39 Å². The summed E-state index contributed by atoms with van der Waals surface area (Å²) in [7, 11) is -4.09. The SMILES string of the molecule is NC(=O)C1CC(O)CN1S(=O)(=O)c1ccc(Br)c(F)c1. The van der Waals surface area contributed by atoms with E-state index < -0.39 is 33.9 Å². The van der Waals surface area contributed by atoms with Crippen LogP contribution >= 0.6 is 15.9 Å². The van der Waals surface area contributed by atoms with Gasteiger partial charge in [0.25, 0.3) is 0 Å². The van der Waals surface area contributed by atoms with Gasteiger partial charge in [-0.05, 0) is 34.1 Å². The zero-order valence-corrected chi connectivity index (χ0v) is 12.6. The van der Waals surface area contributed by atoms with E-state index in [-0.39, 0.29) is 22.3 Å². The number of nitrogens with zero attached hydrogens (tertiary/aromatic N) is 1. The molecule has 9 heteroatoms. The maximum Gasteiger partial charge on any atom is 0.243 e. The molecule has 0 aliphatic carbocycles. The minimum atomic E-state index is -4.09. The standard InChI is InChI=1S/C11H12BrFN2O4S/c12-8-2-1-7(4-9(8)13)20(18,19)15-5-6(16)3-10(15)11(14)17/h1-2,4,6,10,16H,3,5H2,(H2,14,17). The maximum atomic E-state index is 13.5. The topological polar surface area (TPSA) is 101 Å². The molecule has 3 N–H and O–H groups in total. The van der Waals surface area contributed by atoms with Gasteiger partial charge < -0.3 is 10.8 Å². The summed E-state index contributed by atoms with van der Waals surface area (Å²) in [6.45, 7) is -0.242. The van der Waals surface area contributed by atoms with Gasteiger partial charge in [-0.3, -0.25) is 4.79 Å². The molecular formula is C11H12BrFN2O4S. The van der Waals surface area contributed by atoms with E-state index >= 15 is 0 Å². The normalized spacial score (nSPS) is 23.9. The summed E-state index contributed by atoms with van der Waals surface area (Å²) in [5.41, 5.74) is 5.14. The van der Waals surface area contributed by atoms with Crippen LogP contribution < -0.4 is 5.73 Å². The molecule has 0 radical (unpaired) electrons. The van der Waals surface area contributed by atoms with E-state index in [0.29, 0.717) is 0 Å². The van der Waals surface area contributed by atoms with Crippen LogP contribution in [0, 0.1) is 5.82 Å². The van der Waals surface area contributed by atoms with E-state index in [1.54, 1.807) is 0 Å². The third kappa shape index (κ3) is 2.71. The fraction of sp³-hybridized carbons (Fsp3) is 0.364. The lowest BCUT2D eigenvalue weighted by atomic mass is 10.2. The van der Waals surface area contributed by atoms with E-state index in [4.69, 9.17) is 5.73 Å². The Hall–Kier alpha value is -1.03. The Bertz CT molecular complexity index is 652. The summed E-state index contributed by atoms with van der Waals surface area (Å²) in [5.74, 6) is -1.58. The van der Waals surface area contributed by atoms with Crippen LogP contribution in [-0.2, 0) is 14.8 Å². The number of aliphatic hydroxyl groups excluding tert-OH is 1. The van der Waals surface area contributed by atoms with Crippen LogP contribution in [0.2, 0.25) is 0 Å². The summed E-state index contributed by atoms with van der Waals surface area (Å²) >= 11 is 2.93. The van der Waals surface area contributed by atoms with Crippen molar-refractivity contribution >= 4 is 31.9 Å². The molecular weight excluding hydrogens is 355 g/mol. The number of β-amino-alcohol motifs (C(OH)–C–C–N with tert-alkyl or cyclic N) is 1. The lowest BCUT2D eigenvalue weighted by Crippen LogP contribution is -2.43. The number of hydrogen-bond donors (Lipinski definition) is 2. The van der Waals surface area contributed by atoms with Gasteiger partial charge in [-0.25, -0.2) is 12.8 Å². The molecule has 1 saturated heterocycles. The van der Waals surface area contributed by atoms with Crippen LogP contribution in [0.15, 0.2) is 27.6 Å². The summed E-state index contributed by atoms with van der Waals surface area (Å²) in [4.78, 5) is 11.0. The monoisotopic (exact) mass is 366 g/mol. The largest absolute Gasteiger partial charge is 0.392 e. The Morgan fingerprint density at radius 3 is 2.70 bits per heavy atom. The predicted molar refractivity (Wildman–Crippen MR) is 71.6 cm³/mol.